The molecule has 1 amide bonds. The largest absolute Gasteiger partial charge is 0.356 e. The molecule has 0 spiro atoms. The minimum absolute atomic E-state index is 0.140. The third-order valence-corrected chi connectivity index (χ3v) is 6.99. The van der Waals surface area contributed by atoms with E-state index in [1.165, 1.54) is 0 Å². The lowest BCUT2D eigenvalue weighted by Gasteiger charge is -2.10. The smallest absolute Gasteiger partial charge is 0.225 e. The fraction of sp³-hybridized carbons (Fsp3) is 0.238. The van der Waals surface area contributed by atoms with E-state index in [4.69, 9.17) is 4.52 Å². The second kappa shape index (κ2) is 8.51. The third kappa shape index (κ3) is 4.94. The van der Waals surface area contributed by atoms with E-state index in [0.29, 0.717) is 22.6 Å². The molecule has 152 valence electrons. The van der Waals surface area contributed by atoms with E-state index in [1.54, 1.807) is 43.3 Å². The molecule has 0 saturated carbocycles. The number of aromatic nitrogens is 1. The first kappa shape index (κ1) is 21.3. The van der Waals surface area contributed by atoms with Gasteiger partial charge in [0.25, 0.3) is 0 Å². The molecule has 1 aromatic heterocycles. The normalized spacial score (nSPS) is 11.4. The van der Waals surface area contributed by atoms with Gasteiger partial charge in [-0.05, 0) is 50.6 Å². The van der Waals surface area contributed by atoms with E-state index in [1.807, 2.05) is 19.9 Å². The summed E-state index contributed by atoms with van der Waals surface area (Å²) in [4.78, 5) is 12.4. The predicted molar refractivity (Wildman–Crippen MR) is 116 cm³/mol. The van der Waals surface area contributed by atoms with Crippen molar-refractivity contribution in [1.29, 1.82) is 0 Å². The standard InChI is InChI=1S/C21H21BrN2O4S/c1-13-7-8-16(21-14(2)15(3)24-28-21)11-19(13)29(26,27)10-9-20(25)23-18-6-4-5-17(22)12-18/h4-8,11-12H,9-10H2,1-3H3,(H,23,25). The van der Waals surface area contributed by atoms with Crippen LogP contribution in [-0.2, 0) is 14.6 Å². The van der Waals surface area contributed by atoms with Crippen molar-refractivity contribution in [3.63, 3.8) is 0 Å². The number of amides is 1. The average molecular weight is 477 g/mol. The molecule has 0 atom stereocenters. The number of hydrogen-bond acceptors (Lipinski definition) is 5. The minimum Gasteiger partial charge on any atom is -0.356 e. The SMILES string of the molecule is Cc1ccc(-c2onc(C)c2C)cc1S(=O)(=O)CCC(=O)Nc1cccc(Br)c1. The maximum Gasteiger partial charge on any atom is 0.225 e. The van der Waals surface area contributed by atoms with Crippen LogP contribution in [0.25, 0.3) is 11.3 Å². The van der Waals surface area contributed by atoms with E-state index >= 15 is 0 Å². The van der Waals surface area contributed by atoms with E-state index in [-0.39, 0.29) is 23.0 Å². The Morgan fingerprint density at radius 1 is 1.14 bits per heavy atom. The van der Waals surface area contributed by atoms with Crippen LogP contribution in [0.2, 0.25) is 0 Å². The first-order chi connectivity index (χ1) is 13.7. The number of carbonyl (C=O) groups is 1. The number of carbonyl (C=O) groups excluding carboxylic acids is 1. The van der Waals surface area contributed by atoms with Crippen LogP contribution in [0.3, 0.4) is 0 Å². The molecule has 0 radical (unpaired) electrons. The molecular formula is C21H21BrN2O4S. The Labute approximate surface area is 178 Å². The van der Waals surface area contributed by atoms with Gasteiger partial charge in [-0.3, -0.25) is 4.79 Å². The molecular weight excluding hydrogens is 456 g/mol. The highest BCUT2D eigenvalue weighted by atomic mass is 79.9. The van der Waals surface area contributed by atoms with Crippen LogP contribution >= 0.6 is 15.9 Å². The van der Waals surface area contributed by atoms with Gasteiger partial charge in [0.1, 0.15) is 0 Å². The summed E-state index contributed by atoms with van der Waals surface area (Å²) in [5.41, 5.74) is 3.50. The molecule has 6 nitrogen and oxygen atoms in total. The maximum atomic E-state index is 12.9. The Bertz CT molecular complexity index is 1170. The first-order valence-electron chi connectivity index (χ1n) is 8.99. The van der Waals surface area contributed by atoms with Gasteiger partial charge in [-0.1, -0.05) is 39.3 Å². The number of nitrogens with one attached hydrogen (secondary N) is 1. The van der Waals surface area contributed by atoms with Crippen molar-refractivity contribution in [3.8, 4) is 11.3 Å². The number of aryl methyl sites for hydroxylation is 2. The Morgan fingerprint density at radius 2 is 1.90 bits per heavy atom. The lowest BCUT2D eigenvalue weighted by molar-refractivity contribution is -0.115. The van der Waals surface area contributed by atoms with E-state index in [2.05, 4.69) is 26.4 Å². The molecule has 0 aliphatic rings. The fourth-order valence-corrected chi connectivity index (χ4v) is 4.83. The molecule has 8 heteroatoms. The molecule has 0 aliphatic heterocycles. The van der Waals surface area contributed by atoms with Crippen molar-refractivity contribution >= 4 is 37.4 Å². The highest BCUT2D eigenvalue weighted by Gasteiger charge is 2.21. The predicted octanol–water partition coefficient (Wildman–Crippen LogP) is 4.83. The highest BCUT2D eigenvalue weighted by molar-refractivity contribution is 9.10. The lowest BCUT2D eigenvalue weighted by Crippen LogP contribution is -2.18. The van der Waals surface area contributed by atoms with E-state index < -0.39 is 9.84 Å². The molecule has 29 heavy (non-hydrogen) atoms. The second-order valence-corrected chi connectivity index (χ2v) is 9.82. The molecule has 2 aromatic carbocycles. The van der Waals surface area contributed by atoms with Crippen molar-refractivity contribution in [2.45, 2.75) is 32.1 Å². The van der Waals surface area contributed by atoms with E-state index in [0.717, 1.165) is 15.7 Å². The number of nitrogens with zero attached hydrogens (tertiary/aromatic N) is 1. The van der Waals surface area contributed by atoms with Gasteiger partial charge in [0.05, 0.1) is 16.3 Å². The third-order valence-electron chi connectivity index (χ3n) is 4.65. The minimum atomic E-state index is -3.66. The fourth-order valence-electron chi connectivity index (χ4n) is 2.89. The summed E-state index contributed by atoms with van der Waals surface area (Å²) >= 11 is 3.33. The zero-order chi connectivity index (χ0) is 21.2. The number of anilines is 1. The van der Waals surface area contributed by atoms with Crippen molar-refractivity contribution in [2.24, 2.45) is 0 Å². The van der Waals surface area contributed by atoms with Crippen molar-refractivity contribution in [3.05, 3.63) is 63.8 Å². The molecule has 0 unspecified atom stereocenters. The summed E-state index contributed by atoms with van der Waals surface area (Å²) in [5.74, 6) is -0.0977. The van der Waals surface area contributed by atoms with Gasteiger partial charge in [-0.15, -0.1) is 0 Å². The molecule has 3 rings (SSSR count). The maximum absolute atomic E-state index is 12.9. The van der Waals surface area contributed by atoms with Crippen molar-refractivity contribution < 1.29 is 17.7 Å². The molecule has 0 saturated heterocycles. The van der Waals surface area contributed by atoms with Crippen LogP contribution in [0.4, 0.5) is 5.69 Å². The van der Waals surface area contributed by atoms with Crippen LogP contribution in [0.15, 0.2) is 56.4 Å². The first-order valence-corrected chi connectivity index (χ1v) is 11.4. The monoisotopic (exact) mass is 476 g/mol. The number of halogens is 1. The summed E-state index contributed by atoms with van der Waals surface area (Å²) < 4.78 is 32.0. The van der Waals surface area contributed by atoms with Crippen molar-refractivity contribution in [1.82, 2.24) is 5.16 Å². The number of hydrogen-bond donors (Lipinski definition) is 1. The van der Waals surface area contributed by atoms with Gasteiger partial charge in [0, 0.05) is 27.7 Å². The molecule has 1 heterocycles. The number of sulfone groups is 1. The van der Waals surface area contributed by atoms with Gasteiger partial charge < -0.3 is 9.84 Å². The quantitative estimate of drug-likeness (QED) is 0.549. The topological polar surface area (TPSA) is 89.3 Å². The molecule has 1 N–H and O–H groups in total. The Kier molecular flexibility index (Phi) is 6.24. The Morgan fingerprint density at radius 3 is 2.55 bits per heavy atom. The van der Waals surface area contributed by atoms with Gasteiger partial charge in [0.15, 0.2) is 15.6 Å². The molecule has 0 aliphatic carbocycles. The zero-order valence-electron chi connectivity index (χ0n) is 16.3. The summed E-state index contributed by atoms with van der Waals surface area (Å²) in [6, 6.07) is 12.3. The summed E-state index contributed by atoms with van der Waals surface area (Å²) in [6.07, 6.45) is -0.140. The lowest BCUT2D eigenvalue weighted by atomic mass is 10.1. The second-order valence-electron chi connectivity index (χ2n) is 6.83. The van der Waals surface area contributed by atoms with Crippen molar-refractivity contribution in [2.75, 3.05) is 11.1 Å². The Balaban J connectivity index is 1.77. The molecule has 0 fully saturated rings. The summed E-state index contributed by atoms with van der Waals surface area (Å²) in [5, 5.41) is 6.64. The summed E-state index contributed by atoms with van der Waals surface area (Å²) in [6.45, 7) is 5.44. The number of benzene rings is 2. The van der Waals surface area contributed by atoms with Gasteiger partial charge in [-0.25, -0.2) is 8.42 Å². The van der Waals surface area contributed by atoms with Crippen LogP contribution in [-0.4, -0.2) is 25.2 Å². The summed E-state index contributed by atoms with van der Waals surface area (Å²) in [7, 11) is -3.66. The zero-order valence-corrected chi connectivity index (χ0v) is 18.7. The average Bonchev–Trinajstić information content (AvgIpc) is 2.99. The molecule has 3 aromatic rings. The van der Waals surface area contributed by atoms with Gasteiger partial charge in [-0.2, -0.15) is 0 Å². The Hall–Kier alpha value is -2.45. The van der Waals surface area contributed by atoms with Gasteiger partial charge in [0.2, 0.25) is 5.91 Å². The number of rotatable bonds is 6. The van der Waals surface area contributed by atoms with E-state index in [9.17, 15) is 13.2 Å². The van der Waals surface area contributed by atoms with Gasteiger partial charge >= 0.3 is 0 Å². The molecule has 0 bridgehead atoms. The highest BCUT2D eigenvalue weighted by Crippen LogP contribution is 2.29. The van der Waals surface area contributed by atoms with Crippen LogP contribution in [0, 0.1) is 20.8 Å². The van der Waals surface area contributed by atoms with Crippen LogP contribution in [0.5, 0.6) is 0 Å². The van der Waals surface area contributed by atoms with Crippen LogP contribution in [0.1, 0.15) is 23.2 Å². The van der Waals surface area contributed by atoms with Crippen LogP contribution < -0.4 is 5.32 Å².